The molecule has 2 rings (SSSR count). The highest BCUT2D eigenvalue weighted by atomic mass is 16.5. The number of hydrogen-bond donors (Lipinski definition) is 2. The molecule has 0 aliphatic rings. The Hall–Kier alpha value is -2.82. The summed E-state index contributed by atoms with van der Waals surface area (Å²) in [6, 6.07) is 13.3. The first-order valence-electron chi connectivity index (χ1n) is 9.33. The molecule has 0 unspecified atom stereocenters. The van der Waals surface area contributed by atoms with Crippen LogP contribution < -0.4 is 15.4 Å². The third-order valence-corrected chi connectivity index (χ3v) is 4.28. The molecule has 0 aliphatic carbocycles. The molecule has 0 saturated heterocycles. The van der Waals surface area contributed by atoms with E-state index < -0.39 is 0 Å². The van der Waals surface area contributed by atoms with Gasteiger partial charge in [-0.15, -0.1) is 0 Å². The smallest absolute Gasteiger partial charge is 0.251 e. The van der Waals surface area contributed by atoms with Gasteiger partial charge >= 0.3 is 0 Å². The number of amides is 2. The molecule has 2 aromatic rings. The molecule has 0 atom stereocenters. The van der Waals surface area contributed by atoms with E-state index in [0.29, 0.717) is 18.7 Å². The Bertz CT molecular complexity index is 770. The lowest BCUT2D eigenvalue weighted by Crippen LogP contribution is -2.37. The number of aryl methyl sites for hydroxylation is 3. The summed E-state index contributed by atoms with van der Waals surface area (Å²) in [7, 11) is 0. The first-order valence-corrected chi connectivity index (χ1v) is 9.33. The van der Waals surface area contributed by atoms with E-state index in [0.717, 1.165) is 18.6 Å². The zero-order chi connectivity index (χ0) is 19.6. The van der Waals surface area contributed by atoms with E-state index in [1.54, 1.807) is 24.3 Å². The third kappa shape index (κ3) is 6.77. The zero-order valence-corrected chi connectivity index (χ0v) is 16.3. The van der Waals surface area contributed by atoms with Crippen LogP contribution in [0.5, 0.6) is 5.75 Å². The van der Waals surface area contributed by atoms with Crippen LogP contribution in [0.15, 0.2) is 42.5 Å². The molecule has 0 aromatic heterocycles. The first kappa shape index (κ1) is 20.5. The summed E-state index contributed by atoms with van der Waals surface area (Å²) in [4.78, 5) is 24.0. The maximum atomic E-state index is 12.1. The zero-order valence-electron chi connectivity index (χ0n) is 16.3. The number of nitrogens with one attached hydrogen (secondary N) is 2. The average Bonchev–Trinajstić information content (AvgIpc) is 2.65. The van der Waals surface area contributed by atoms with Crippen LogP contribution in [-0.4, -0.2) is 31.5 Å². The van der Waals surface area contributed by atoms with Crippen LogP contribution in [0.3, 0.4) is 0 Å². The fraction of sp³-hybridized carbons (Fsp3) is 0.364. The van der Waals surface area contributed by atoms with Gasteiger partial charge in [0.25, 0.3) is 5.91 Å². The number of hydrogen-bond acceptors (Lipinski definition) is 3. The largest absolute Gasteiger partial charge is 0.494 e. The Morgan fingerprint density at radius 2 is 1.74 bits per heavy atom. The van der Waals surface area contributed by atoms with Crippen LogP contribution >= 0.6 is 0 Å². The number of rotatable bonds is 9. The molecule has 2 aromatic carbocycles. The molecule has 0 saturated carbocycles. The average molecular weight is 368 g/mol. The molecule has 144 valence electrons. The van der Waals surface area contributed by atoms with Gasteiger partial charge in [0.15, 0.2) is 0 Å². The van der Waals surface area contributed by atoms with Crippen molar-refractivity contribution >= 4 is 11.8 Å². The van der Waals surface area contributed by atoms with Crippen LogP contribution in [0.2, 0.25) is 0 Å². The summed E-state index contributed by atoms with van der Waals surface area (Å²) < 4.78 is 5.34. The number of benzene rings is 2. The minimum atomic E-state index is -0.275. The van der Waals surface area contributed by atoms with Crippen molar-refractivity contribution < 1.29 is 14.3 Å². The van der Waals surface area contributed by atoms with E-state index in [1.165, 1.54) is 16.7 Å². The van der Waals surface area contributed by atoms with E-state index in [2.05, 4.69) is 42.7 Å². The second-order valence-electron chi connectivity index (χ2n) is 6.52. The summed E-state index contributed by atoms with van der Waals surface area (Å²) in [5.74, 6) is 0.258. The lowest BCUT2D eigenvalue weighted by molar-refractivity contribution is -0.120. The van der Waals surface area contributed by atoms with Gasteiger partial charge < -0.3 is 15.4 Å². The Balaban J connectivity index is 1.67. The summed E-state index contributed by atoms with van der Waals surface area (Å²) in [6.07, 6.45) is 1.79. The van der Waals surface area contributed by atoms with Crippen molar-refractivity contribution in [2.45, 2.75) is 33.6 Å². The van der Waals surface area contributed by atoms with E-state index in [9.17, 15) is 9.59 Å². The van der Waals surface area contributed by atoms with Crippen LogP contribution in [-0.2, 0) is 11.2 Å². The molecule has 0 spiro atoms. The van der Waals surface area contributed by atoms with Crippen LogP contribution in [0.1, 0.15) is 40.4 Å². The van der Waals surface area contributed by atoms with Crippen molar-refractivity contribution in [2.75, 3.05) is 19.7 Å². The van der Waals surface area contributed by atoms with E-state index >= 15 is 0 Å². The molecule has 0 fully saturated rings. The standard InChI is InChI=1S/C22H28N2O3/c1-4-27-20-11-9-19(10-12-20)22(26)24-15-21(25)23-13-5-6-18-8-7-16(2)14-17(18)3/h7-12,14H,4-6,13,15H2,1-3H3,(H,23,25)(H,24,26). The van der Waals surface area contributed by atoms with Crippen molar-refractivity contribution in [1.82, 2.24) is 10.6 Å². The van der Waals surface area contributed by atoms with Gasteiger partial charge in [0, 0.05) is 12.1 Å². The normalized spacial score (nSPS) is 10.3. The Morgan fingerprint density at radius 3 is 2.41 bits per heavy atom. The number of ether oxygens (including phenoxy) is 1. The Kier molecular flexibility index (Phi) is 7.86. The maximum Gasteiger partial charge on any atom is 0.251 e. The van der Waals surface area contributed by atoms with Crippen LogP contribution in [0, 0.1) is 13.8 Å². The Morgan fingerprint density at radius 1 is 1.00 bits per heavy atom. The van der Waals surface area contributed by atoms with Gasteiger partial charge in [0.2, 0.25) is 5.91 Å². The molecule has 2 N–H and O–H groups in total. The number of carbonyl (C=O) groups excluding carboxylic acids is 2. The maximum absolute atomic E-state index is 12.1. The fourth-order valence-corrected chi connectivity index (χ4v) is 2.83. The van der Waals surface area contributed by atoms with Crippen molar-refractivity contribution in [2.24, 2.45) is 0 Å². The lowest BCUT2D eigenvalue weighted by atomic mass is 10.0. The third-order valence-electron chi connectivity index (χ3n) is 4.28. The lowest BCUT2D eigenvalue weighted by Gasteiger charge is -2.09. The fourth-order valence-electron chi connectivity index (χ4n) is 2.83. The van der Waals surface area contributed by atoms with Gasteiger partial charge in [-0.3, -0.25) is 9.59 Å². The predicted molar refractivity (Wildman–Crippen MR) is 107 cm³/mol. The topological polar surface area (TPSA) is 67.4 Å². The second-order valence-corrected chi connectivity index (χ2v) is 6.52. The van der Waals surface area contributed by atoms with E-state index in [-0.39, 0.29) is 18.4 Å². The van der Waals surface area contributed by atoms with Crippen molar-refractivity contribution in [3.05, 3.63) is 64.7 Å². The van der Waals surface area contributed by atoms with E-state index in [4.69, 9.17) is 4.74 Å². The minimum Gasteiger partial charge on any atom is -0.494 e. The monoisotopic (exact) mass is 368 g/mol. The molecule has 0 radical (unpaired) electrons. The molecule has 2 amide bonds. The molecular formula is C22H28N2O3. The first-order chi connectivity index (χ1) is 13.0. The van der Waals surface area contributed by atoms with Gasteiger partial charge in [-0.25, -0.2) is 0 Å². The minimum absolute atomic E-state index is 0.0321. The van der Waals surface area contributed by atoms with Gasteiger partial charge in [-0.1, -0.05) is 23.8 Å². The SMILES string of the molecule is CCOc1ccc(C(=O)NCC(=O)NCCCc2ccc(C)cc2C)cc1. The van der Waals surface area contributed by atoms with Gasteiger partial charge in [0.05, 0.1) is 13.2 Å². The highest BCUT2D eigenvalue weighted by Crippen LogP contribution is 2.13. The summed E-state index contributed by atoms with van der Waals surface area (Å²) in [5.41, 5.74) is 4.34. The Labute approximate surface area is 161 Å². The quantitative estimate of drug-likeness (QED) is 0.668. The van der Waals surface area contributed by atoms with E-state index in [1.807, 2.05) is 6.92 Å². The molecule has 5 heteroatoms. The van der Waals surface area contributed by atoms with Crippen molar-refractivity contribution in [1.29, 1.82) is 0 Å². The summed E-state index contributed by atoms with van der Waals surface area (Å²) in [6.45, 7) is 7.23. The highest BCUT2D eigenvalue weighted by Gasteiger charge is 2.08. The molecular weight excluding hydrogens is 340 g/mol. The second kappa shape index (κ2) is 10.4. The predicted octanol–water partition coefficient (Wildman–Crippen LogP) is 3.18. The van der Waals surface area contributed by atoms with Crippen LogP contribution in [0.4, 0.5) is 0 Å². The van der Waals surface area contributed by atoms with Gasteiger partial charge in [-0.05, 0) is 69.0 Å². The summed E-state index contributed by atoms with van der Waals surface area (Å²) >= 11 is 0. The van der Waals surface area contributed by atoms with Crippen molar-refractivity contribution in [3.63, 3.8) is 0 Å². The highest BCUT2D eigenvalue weighted by molar-refractivity contribution is 5.96. The molecule has 27 heavy (non-hydrogen) atoms. The van der Waals surface area contributed by atoms with Gasteiger partial charge in [0.1, 0.15) is 5.75 Å². The van der Waals surface area contributed by atoms with Gasteiger partial charge in [-0.2, -0.15) is 0 Å². The van der Waals surface area contributed by atoms with Crippen LogP contribution in [0.25, 0.3) is 0 Å². The molecule has 0 bridgehead atoms. The van der Waals surface area contributed by atoms with Crippen molar-refractivity contribution in [3.8, 4) is 5.75 Å². The summed E-state index contributed by atoms with van der Waals surface area (Å²) in [5, 5.41) is 5.48. The molecule has 0 aliphatic heterocycles. The molecule has 5 nitrogen and oxygen atoms in total. The number of carbonyl (C=O) groups is 2. The molecule has 0 heterocycles.